The molecule has 0 atom stereocenters. The van der Waals surface area contributed by atoms with Gasteiger partial charge in [-0.2, -0.15) is 4.31 Å². The number of hydrogen-bond acceptors (Lipinski definition) is 3. The molecule has 6 heteroatoms. The van der Waals surface area contributed by atoms with Crippen LogP contribution in [0.3, 0.4) is 0 Å². The van der Waals surface area contributed by atoms with E-state index in [1.807, 2.05) is 17.9 Å². The molecular weight excluding hydrogens is 300 g/mol. The minimum absolute atomic E-state index is 0.180. The molecule has 3 rings (SSSR count). The Morgan fingerprint density at radius 1 is 1.14 bits per heavy atom. The van der Waals surface area contributed by atoms with Gasteiger partial charge in [-0.1, -0.05) is 18.6 Å². The quantitative estimate of drug-likeness (QED) is 0.850. The Labute approximate surface area is 132 Å². The number of carbonyl (C=O) groups is 1. The maximum atomic E-state index is 12.6. The first-order valence-electron chi connectivity index (χ1n) is 7.84. The summed E-state index contributed by atoms with van der Waals surface area (Å²) >= 11 is 0. The summed E-state index contributed by atoms with van der Waals surface area (Å²) in [6.07, 6.45) is 3.11. The number of carbonyl (C=O) groups excluding carboxylic acids is 1. The Kier molecular flexibility index (Phi) is 4.23. The Balaban J connectivity index is 1.66. The number of amides is 1. The van der Waals surface area contributed by atoms with Gasteiger partial charge in [0.05, 0.1) is 4.90 Å². The van der Waals surface area contributed by atoms with Crippen molar-refractivity contribution in [3.8, 4) is 0 Å². The van der Waals surface area contributed by atoms with Crippen molar-refractivity contribution in [1.29, 1.82) is 0 Å². The van der Waals surface area contributed by atoms with Crippen LogP contribution in [0.4, 0.5) is 0 Å². The minimum atomic E-state index is -3.45. The van der Waals surface area contributed by atoms with Gasteiger partial charge < -0.3 is 4.90 Å². The van der Waals surface area contributed by atoms with Gasteiger partial charge in [-0.05, 0) is 37.5 Å². The topological polar surface area (TPSA) is 57.7 Å². The third-order valence-corrected chi connectivity index (χ3v) is 6.53. The van der Waals surface area contributed by atoms with E-state index in [9.17, 15) is 13.2 Å². The maximum Gasteiger partial charge on any atom is 0.243 e. The van der Waals surface area contributed by atoms with Crippen molar-refractivity contribution in [3.63, 3.8) is 0 Å². The van der Waals surface area contributed by atoms with Crippen molar-refractivity contribution < 1.29 is 13.2 Å². The molecule has 1 aliphatic carbocycles. The lowest BCUT2D eigenvalue weighted by Gasteiger charge is -2.37. The second kappa shape index (κ2) is 6.01. The molecule has 1 saturated heterocycles. The molecular formula is C16H22N2O3S. The minimum Gasteiger partial charge on any atom is -0.340 e. The van der Waals surface area contributed by atoms with Crippen LogP contribution in [0.5, 0.6) is 0 Å². The van der Waals surface area contributed by atoms with Crippen molar-refractivity contribution in [2.45, 2.75) is 31.1 Å². The van der Waals surface area contributed by atoms with E-state index in [1.54, 1.807) is 18.2 Å². The van der Waals surface area contributed by atoms with Gasteiger partial charge >= 0.3 is 0 Å². The zero-order valence-electron chi connectivity index (χ0n) is 12.9. The van der Waals surface area contributed by atoms with Gasteiger partial charge in [0.2, 0.25) is 15.9 Å². The van der Waals surface area contributed by atoms with Gasteiger partial charge in [-0.3, -0.25) is 4.79 Å². The molecule has 1 aliphatic heterocycles. The molecule has 0 radical (unpaired) electrons. The number of piperazine rings is 1. The molecule has 2 fully saturated rings. The summed E-state index contributed by atoms with van der Waals surface area (Å²) in [7, 11) is -3.45. The average molecular weight is 322 g/mol. The van der Waals surface area contributed by atoms with Gasteiger partial charge in [0.15, 0.2) is 0 Å². The number of hydrogen-bond donors (Lipinski definition) is 0. The van der Waals surface area contributed by atoms with Crippen LogP contribution in [0.15, 0.2) is 29.2 Å². The molecule has 2 aliphatic rings. The molecule has 0 unspecified atom stereocenters. The lowest BCUT2D eigenvalue weighted by Crippen LogP contribution is -2.52. The van der Waals surface area contributed by atoms with Gasteiger partial charge in [-0.15, -0.1) is 0 Å². The van der Waals surface area contributed by atoms with Crippen LogP contribution in [-0.4, -0.2) is 49.7 Å². The molecule has 1 saturated carbocycles. The van der Waals surface area contributed by atoms with E-state index >= 15 is 0 Å². The molecule has 1 heterocycles. The molecule has 0 aromatic heterocycles. The SMILES string of the molecule is Cc1cccc(S(=O)(=O)N2CCN(C(=O)C3CCC3)CC2)c1. The summed E-state index contributed by atoms with van der Waals surface area (Å²) in [5, 5.41) is 0. The van der Waals surface area contributed by atoms with Crippen LogP contribution in [0.25, 0.3) is 0 Å². The van der Waals surface area contributed by atoms with Crippen LogP contribution >= 0.6 is 0 Å². The summed E-state index contributed by atoms with van der Waals surface area (Å²) in [5.74, 6) is 0.388. The number of aryl methyl sites for hydroxylation is 1. The van der Waals surface area contributed by atoms with Crippen LogP contribution in [0.2, 0.25) is 0 Å². The Bertz CT molecular complexity index is 660. The van der Waals surface area contributed by atoms with Crippen LogP contribution in [-0.2, 0) is 14.8 Å². The van der Waals surface area contributed by atoms with Gasteiger partial charge in [0.25, 0.3) is 0 Å². The summed E-state index contributed by atoms with van der Waals surface area (Å²) in [6.45, 7) is 3.65. The highest BCUT2D eigenvalue weighted by Crippen LogP contribution is 2.29. The van der Waals surface area contributed by atoms with Gasteiger partial charge in [0, 0.05) is 32.1 Å². The summed E-state index contributed by atoms with van der Waals surface area (Å²) in [5.41, 5.74) is 0.930. The zero-order valence-corrected chi connectivity index (χ0v) is 13.7. The van der Waals surface area contributed by atoms with Crippen molar-refractivity contribution in [3.05, 3.63) is 29.8 Å². The van der Waals surface area contributed by atoms with Crippen molar-refractivity contribution in [2.75, 3.05) is 26.2 Å². The number of sulfonamides is 1. The first-order chi connectivity index (χ1) is 10.5. The highest BCUT2D eigenvalue weighted by atomic mass is 32.2. The van der Waals surface area contributed by atoms with E-state index in [-0.39, 0.29) is 11.8 Å². The van der Waals surface area contributed by atoms with Crippen LogP contribution in [0, 0.1) is 12.8 Å². The predicted octanol–water partition coefficient (Wildman–Crippen LogP) is 1.63. The monoisotopic (exact) mass is 322 g/mol. The fourth-order valence-electron chi connectivity index (χ4n) is 2.99. The van der Waals surface area contributed by atoms with Crippen molar-refractivity contribution in [2.24, 2.45) is 5.92 Å². The largest absolute Gasteiger partial charge is 0.340 e. The molecule has 22 heavy (non-hydrogen) atoms. The van der Waals surface area contributed by atoms with E-state index in [0.717, 1.165) is 24.8 Å². The smallest absolute Gasteiger partial charge is 0.243 e. The van der Waals surface area contributed by atoms with E-state index < -0.39 is 10.0 Å². The average Bonchev–Trinajstić information content (AvgIpc) is 2.45. The van der Waals surface area contributed by atoms with Gasteiger partial charge in [-0.25, -0.2) is 8.42 Å². The first kappa shape index (κ1) is 15.5. The standard InChI is InChI=1S/C16H22N2O3S/c1-13-4-2-7-15(12-13)22(20,21)18-10-8-17(9-11-18)16(19)14-5-3-6-14/h2,4,7,12,14H,3,5-6,8-11H2,1H3. The third-order valence-electron chi connectivity index (χ3n) is 4.63. The lowest BCUT2D eigenvalue weighted by atomic mass is 9.84. The highest BCUT2D eigenvalue weighted by Gasteiger charge is 2.34. The molecule has 5 nitrogen and oxygen atoms in total. The molecule has 1 aromatic rings. The number of benzene rings is 1. The molecule has 0 N–H and O–H groups in total. The molecule has 120 valence electrons. The molecule has 0 bridgehead atoms. The number of rotatable bonds is 3. The Morgan fingerprint density at radius 2 is 1.82 bits per heavy atom. The maximum absolute atomic E-state index is 12.6. The third kappa shape index (κ3) is 2.90. The normalized spacial score (nSPS) is 20.7. The van der Waals surface area contributed by atoms with Crippen molar-refractivity contribution in [1.82, 2.24) is 9.21 Å². The Morgan fingerprint density at radius 3 is 2.36 bits per heavy atom. The predicted molar refractivity (Wildman–Crippen MR) is 83.9 cm³/mol. The van der Waals surface area contributed by atoms with Crippen LogP contribution in [0.1, 0.15) is 24.8 Å². The first-order valence-corrected chi connectivity index (χ1v) is 9.28. The lowest BCUT2D eigenvalue weighted by molar-refractivity contribution is -0.139. The second-order valence-electron chi connectivity index (χ2n) is 6.17. The van der Waals surface area contributed by atoms with E-state index in [0.29, 0.717) is 31.1 Å². The summed E-state index contributed by atoms with van der Waals surface area (Å²) < 4.78 is 26.8. The molecule has 0 spiro atoms. The zero-order chi connectivity index (χ0) is 15.7. The Hall–Kier alpha value is -1.40. The summed E-state index contributed by atoms with van der Waals surface area (Å²) in [6, 6.07) is 6.97. The summed E-state index contributed by atoms with van der Waals surface area (Å²) in [4.78, 5) is 14.4. The van der Waals surface area contributed by atoms with Gasteiger partial charge in [0.1, 0.15) is 0 Å². The van der Waals surface area contributed by atoms with E-state index in [1.165, 1.54) is 4.31 Å². The second-order valence-corrected chi connectivity index (χ2v) is 8.11. The van der Waals surface area contributed by atoms with Crippen LogP contribution < -0.4 is 0 Å². The molecule has 1 aromatic carbocycles. The highest BCUT2D eigenvalue weighted by molar-refractivity contribution is 7.89. The molecule has 1 amide bonds. The number of nitrogens with zero attached hydrogens (tertiary/aromatic N) is 2. The fourth-order valence-corrected chi connectivity index (χ4v) is 4.51. The fraction of sp³-hybridized carbons (Fsp3) is 0.562. The van der Waals surface area contributed by atoms with Crippen molar-refractivity contribution >= 4 is 15.9 Å². The van der Waals surface area contributed by atoms with E-state index in [4.69, 9.17) is 0 Å². The van der Waals surface area contributed by atoms with E-state index in [2.05, 4.69) is 0 Å².